The Morgan fingerprint density at radius 1 is 1.05 bits per heavy atom. The van der Waals surface area contributed by atoms with Gasteiger partial charge in [0.05, 0.1) is 0 Å². The van der Waals surface area contributed by atoms with E-state index >= 15 is 0 Å². The number of ether oxygens (including phenoxy) is 1. The summed E-state index contributed by atoms with van der Waals surface area (Å²) in [5.74, 6) is 0.0447. The minimum Gasteiger partial charge on any atom is -0.372 e. The summed E-state index contributed by atoms with van der Waals surface area (Å²) in [6.45, 7) is 8.73. The fourth-order valence-electron chi connectivity index (χ4n) is 2.19. The molecule has 4 heteroatoms. The SMILES string of the molecule is CC.CN(C)C(=O)COCCCCCN1CCCCC1. The number of rotatable bonds is 8. The molecule has 0 unspecified atom stereocenters. The first-order valence-electron chi connectivity index (χ1n) is 8.20. The third-order valence-electron chi connectivity index (χ3n) is 3.44. The number of piperidine rings is 1. The molecule has 1 saturated heterocycles. The topological polar surface area (TPSA) is 32.8 Å². The molecule has 120 valence electrons. The molecule has 0 aromatic heterocycles. The van der Waals surface area contributed by atoms with Gasteiger partial charge in [0, 0.05) is 20.7 Å². The van der Waals surface area contributed by atoms with E-state index in [2.05, 4.69) is 4.90 Å². The van der Waals surface area contributed by atoms with Gasteiger partial charge in [0.1, 0.15) is 6.61 Å². The summed E-state index contributed by atoms with van der Waals surface area (Å²) in [7, 11) is 3.51. The van der Waals surface area contributed by atoms with Crippen molar-refractivity contribution in [2.45, 2.75) is 52.4 Å². The van der Waals surface area contributed by atoms with Gasteiger partial charge in [0.25, 0.3) is 0 Å². The van der Waals surface area contributed by atoms with Crippen LogP contribution in [0.5, 0.6) is 0 Å². The van der Waals surface area contributed by atoms with E-state index in [1.54, 1.807) is 19.0 Å². The van der Waals surface area contributed by atoms with Crippen LogP contribution in [-0.2, 0) is 9.53 Å². The Kier molecular flexibility index (Phi) is 13.0. The largest absolute Gasteiger partial charge is 0.372 e. The number of carbonyl (C=O) groups excluding carboxylic acids is 1. The van der Waals surface area contributed by atoms with Crippen LogP contribution in [0.3, 0.4) is 0 Å². The Hall–Kier alpha value is -0.610. The lowest BCUT2D eigenvalue weighted by atomic mass is 10.1. The summed E-state index contributed by atoms with van der Waals surface area (Å²) >= 11 is 0. The van der Waals surface area contributed by atoms with Gasteiger partial charge in [-0.1, -0.05) is 20.3 Å². The number of likely N-dealkylation sites (N-methyl/N-ethyl adjacent to an activating group) is 1. The van der Waals surface area contributed by atoms with E-state index in [0.29, 0.717) is 6.61 Å². The van der Waals surface area contributed by atoms with Crippen LogP contribution >= 0.6 is 0 Å². The maximum Gasteiger partial charge on any atom is 0.248 e. The van der Waals surface area contributed by atoms with Crippen molar-refractivity contribution in [3.63, 3.8) is 0 Å². The number of nitrogens with zero attached hydrogens (tertiary/aromatic N) is 2. The summed E-state index contributed by atoms with van der Waals surface area (Å²) in [5, 5.41) is 0. The van der Waals surface area contributed by atoms with Gasteiger partial charge in [-0.25, -0.2) is 0 Å². The van der Waals surface area contributed by atoms with Crippen LogP contribution in [0.2, 0.25) is 0 Å². The molecule has 0 atom stereocenters. The van der Waals surface area contributed by atoms with Crippen molar-refractivity contribution in [2.24, 2.45) is 0 Å². The fraction of sp³-hybridized carbons (Fsp3) is 0.938. The predicted octanol–water partition coefficient (Wildman–Crippen LogP) is 2.77. The first-order chi connectivity index (χ1) is 9.70. The number of amides is 1. The van der Waals surface area contributed by atoms with Gasteiger partial charge in [-0.2, -0.15) is 0 Å². The van der Waals surface area contributed by atoms with Gasteiger partial charge >= 0.3 is 0 Å². The highest BCUT2D eigenvalue weighted by molar-refractivity contribution is 5.76. The Balaban J connectivity index is 0.00000172. The van der Waals surface area contributed by atoms with E-state index in [1.165, 1.54) is 51.7 Å². The molecule has 0 radical (unpaired) electrons. The van der Waals surface area contributed by atoms with Gasteiger partial charge in [0.2, 0.25) is 5.91 Å². The molecule has 0 saturated carbocycles. The minimum absolute atomic E-state index is 0.0447. The summed E-state index contributed by atoms with van der Waals surface area (Å²) in [4.78, 5) is 15.4. The second kappa shape index (κ2) is 13.4. The number of hydrogen-bond acceptors (Lipinski definition) is 3. The summed E-state index contributed by atoms with van der Waals surface area (Å²) in [6.07, 6.45) is 7.67. The van der Waals surface area contributed by atoms with Gasteiger partial charge in [-0.05, 0) is 51.7 Å². The lowest BCUT2D eigenvalue weighted by Gasteiger charge is -2.26. The number of unbranched alkanes of at least 4 members (excludes halogenated alkanes) is 2. The van der Waals surface area contributed by atoms with E-state index in [0.717, 1.165) is 6.42 Å². The van der Waals surface area contributed by atoms with E-state index in [4.69, 9.17) is 4.74 Å². The lowest BCUT2D eigenvalue weighted by molar-refractivity contribution is -0.133. The Morgan fingerprint density at radius 3 is 2.30 bits per heavy atom. The van der Waals surface area contributed by atoms with Crippen LogP contribution < -0.4 is 0 Å². The zero-order chi connectivity index (χ0) is 15.2. The molecule has 0 N–H and O–H groups in total. The molecule has 0 bridgehead atoms. The van der Waals surface area contributed by atoms with Gasteiger partial charge in [-0.15, -0.1) is 0 Å². The maximum absolute atomic E-state index is 11.2. The van der Waals surface area contributed by atoms with E-state index in [1.807, 2.05) is 13.8 Å². The first-order valence-corrected chi connectivity index (χ1v) is 8.20. The summed E-state index contributed by atoms with van der Waals surface area (Å²) in [6, 6.07) is 0. The highest BCUT2D eigenvalue weighted by atomic mass is 16.5. The molecule has 1 aliphatic heterocycles. The van der Waals surface area contributed by atoms with Crippen molar-refractivity contribution in [2.75, 3.05) is 46.9 Å². The normalized spacial score (nSPS) is 15.4. The third-order valence-corrected chi connectivity index (χ3v) is 3.44. The van der Waals surface area contributed by atoms with Crippen LogP contribution in [0.1, 0.15) is 52.4 Å². The Morgan fingerprint density at radius 2 is 1.70 bits per heavy atom. The van der Waals surface area contributed by atoms with Crippen LogP contribution in [0.25, 0.3) is 0 Å². The van der Waals surface area contributed by atoms with Crippen molar-refractivity contribution in [3.8, 4) is 0 Å². The van der Waals surface area contributed by atoms with E-state index < -0.39 is 0 Å². The quantitative estimate of drug-likeness (QED) is 0.643. The third kappa shape index (κ3) is 10.2. The molecule has 0 aliphatic carbocycles. The van der Waals surface area contributed by atoms with Crippen molar-refractivity contribution in [1.82, 2.24) is 9.80 Å². The smallest absolute Gasteiger partial charge is 0.248 e. The summed E-state index contributed by atoms with van der Waals surface area (Å²) in [5.41, 5.74) is 0. The molecular formula is C16H34N2O2. The van der Waals surface area contributed by atoms with Crippen LogP contribution in [0.15, 0.2) is 0 Å². The van der Waals surface area contributed by atoms with Gasteiger partial charge in [0.15, 0.2) is 0 Å². The van der Waals surface area contributed by atoms with Crippen LogP contribution in [0.4, 0.5) is 0 Å². The molecule has 0 spiro atoms. The Bertz CT molecular complexity index is 227. The maximum atomic E-state index is 11.2. The number of likely N-dealkylation sites (tertiary alicyclic amines) is 1. The molecule has 20 heavy (non-hydrogen) atoms. The highest BCUT2D eigenvalue weighted by Gasteiger charge is 2.08. The van der Waals surface area contributed by atoms with Crippen molar-refractivity contribution >= 4 is 5.91 Å². The second-order valence-electron chi connectivity index (χ2n) is 5.30. The second-order valence-corrected chi connectivity index (χ2v) is 5.30. The lowest BCUT2D eigenvalue weighted by Crippen LogP contribution is -2.30. The molecule has 1 amide bonds. The van der Waals surface area contributed by atoms with Crippen molar-refractivity contribution in [1.29, 1.82) is 0 Å². The van der Waals surface area contributed by atoms with Gasteiger partial charge < -0.3 is 14.5 Å². The molecule has 1 rings (SSSR count). The zero-order valence-electron chi connectivity index (χ0n) is 14.0. The monoisotopic (exact) mass is 286 g/mol. The molecule has 4 nitrogen and oxygen atoms in total. The molecular weight excluding hydrogens is 252 g/mol. The first kappa shape index (κ1) is 19.4. The number of hydrogen-bond donors (Lipinski definition) is 0. The van der Waals surface area contributed by atoms with E-state index in [-0.39, 0.29) is 12.5 Å². The van der Waals surface area contributed by atoms with E-state index in [9.17, 15) is 4.79 Å². The minimum atomic E-state index is 0.0447. The van der Waals surface area contributed by atoms with Crippen LogP contribution in [0, 0.1) is 0 Å². The molecule has 1 aliphatic rings. The zero-order valence-corrected chi connectivity index (χ0v) is 14.0. The average Bonchev–Trinajstić information content (AvgIpc) is 2.49. The molecule has 0 aromatic rings. The highest BCUT2D eigenvalue weighted by Crippen LogP contribution is 2.09. The summed E-state index contributed by atoms with van der Waals surface area (Å²) < 4.78 is 5.34. The van der Waals surface area contributed by atoms with Gasteiger partial charge in [-0.3, -0.25) is 4.79 Å². The predicted molar refractivity (Wildman–Crippen MR) is 85.0 cm³/mol. The van der Waals surface area contributed by atoms with Crippen molar-refractivity contribution < 1.29 is 9.53 Å². The number of carbonyl (C=O) groups is 1. The average molecular weight is 286 g/mol. The fourth-order valence-corrected chi connectivity index (χ4v) is 2.19. The van der Waals surface area contributed by atoms with Crippen LogP contribution in [-0.4, -0.2) is 62.7 Å². The molecule has 1 fully saturated rings. The molecule has 1 heterocycles. The standard InChI is InChI=1S/C14H28N2O2.C2H6/c1-15(2)14(17)13-18-12-8-4-7-11-16-9-5-3-6-10-16;1-2/h3-13H2,1-2H3;1-2H3. The van der Waals surface area contributed by atoms with Crippen molar-refractivity contribution in [3.05, 3.63) is 0 Å². The Labute approximate surface area is 125 Å². The molecule has 0 aromatic carbocycles.